The fraction of sp³-hybridized carbons (Fsp3) is 0.696. The average molecular weight is 404 g/mol. The van der Waals surface area contributed by atoms with Gasteiger partial charge in [0.05, 0.1) is 53.1 Å². The van der Waals surface area contributed by atoms with E-state index >= 15 is 0 Å². The number of methoxy groups -OCH3 is 3. The molecule has 3 atom stereocenters. The highest BCUT2D eigenvalue weighted by atomic mass is 16.5. The van der Waals surface area contributed by atoms with Crippen LogP contribution in [0, 0.1) is 17.8 Å². The molecule has 2 aliphatic carbocycles. The SMILES string of the molecule is COc1ccc(C[NH+]2CCN(C(=O)C[C@@H]3C[C@H]4CC[C@@H]3C4)CC2)c(OC)c1OC. The molecule has 1 heterocycles. The van der Waals surface area contributed by atoms with Crippen LogP contribution in [0.25, 0.3) is 0 Å². The van der Waals surface area contributed by atoms with Gasteiger partial charge in [-0.05, 0) is 49.1 Å². The number of fused-ring (bicyclic) bond motifs is 2. The lowest BCUT2D eigenvalue weighted by Crippen LogP contribution is -3.13. The summed E-state index contributed by atoms with van der Waals surface area (Å²) in [6.07, 6.45) is 6.20. The van der Waals surface area contributed by atoms with E-state index in [9.17, 15) is 4.79 Å². The molecule has 0 aromatic heterocycles. The topological polar surface area (TPSA) is 52.4 Å². The van der Waals surface area contributed by atoms with Crippen LogP contribution in [0.15, 0.2) is 12.1 Å². The van der Waals surface area contributed by atoms with Crippen molar-refractivity contribution >= 4 is 5.91 Å². The highest BCUT2D eigenvalue weighted by Crippen LogP contribution is 2.49. The number of rotatable bonds is 7. The molecule has 1 aliphatic heterocycles. The van der Waals surface area contributed by atoms with Crippen molar-refractivity contribution in [2.45, 2.75) is 38.6 Å². The first kappa shape index (κ1) is 20.3. The van der Waals surface area contributed by atoms with Gasteiger partial charge in [0.15, 0.2) is 11.5 Å². The van der Waals surface area contributed by atoms with Gasteiger partial charge in [0.1, 0.15) is 6.54 Å². The van der Waals surface area contributed by atoms with E-state index in [0.29, 0.717) is 23.3 Å². The maximum absolute atomic E-state index is 12.8. The van der Waals surface area contributed by atoms with Crippen molar-refractivity contribution in [3.8, 4) is 17.2 Å². The Morgan fingerprint density at radius 2 is 1.79 bits per heavy atom. The van der Waals surface area contributed by atoms with Gasteiger partial charge in [0, 0.05) is 6.42 Å². The van der Waals surface area contributed by atoms with Crippen LogP contribution in [-0.4, -0.2) is 58.3 Å². The third-order valence-corrected chi connectivity index (χ3v) is 7.37. The molecule has 2 bridgehead atoms. The van der Waals surface area contributed by atoms with Gasteiger partial charge in [-0.2, -0.15) is 0 Å². The summed E-state index contributed by atoms with van der Waals surface area (Å²) < 4.78 is 16.5. The van der Waals surface area contributed by atoms with Crippen molar-refractivity contribution in [3.63, 3.8) is 0 Å². The smallest absolute Gasteiger partial charge is 0.223 e. The van der Waals surface area contributed by atoms with E-state index in [2.05, 4.69) is 11.0 Å². The van der Waals surface area contributed by atoms with Gasteiger partial charge in [-0.15, -0.1) is 0 Å². The lowest BCUT2D eigenvalue weighted by molar-refractivity contribution is -0.917. The fourth-order valence-corrected chi connectivity index (χ4v) is 5.80. The largest absolute Gasteiger partial charge is 0.493 e. The van der Waals surface area contributed by atoms with Gasteiger partial charge in [0.2, 0.25) is 11.7 Å². The molecule has 1 saturated heterocycles. The Bertz CT molecular complexity index is 730. The molecule has 160 valence electrons. The number of piperazine rings is 1. The second-order valence-corrected chi connectivity index (χ2v) is 8.94. The van der Waals surface area contributed by atoms with Gasteiger partial charge >= 0.3 is 0 Å². The van der Waals surface area contributed by atoms with Gasteiger partial charge in [-0.25, -0.2) is 0 Å². The van der Waals surface area contributed by atoms with E-state index in [0.717, 1.165) is 62.3 Å². The third-order valence-electron chi connectivity index (χ3n) is 7.37. The summed E-state index contributed by atoms with van der Waals surface area (Å²) in [6, 6.07) is 3.99. The number of amides is 1. The van der Waals surface area contributed by atoms with Crippen molar-refractivity contribution in [2.24, 2.45) is 17.8 Å². The van der Waals surface area contributed by atoms with Crippen LogP contribution in [0.2, 0.25) is 0 Å². The summed E-state index contributed by atoms with van der Waals surface area (Å²) in [6.45, 7) is 4.51. The van der Waals surface area contributed by atoms with Gasteiger partial charge in [0.25, 0.3) is 0 Å². The molecule has 1 aromatic rings. The van der Waals surface area contributed by atoms with Crippen LogP contribution in [-0.2, 0) is 11.3 Å². The predicted molar refractivity (Wildman–Crippen MR) is 111 cm³/mol. The van der Waals surface area contributed by atoms with E-state index in [4.69, 9.17) is 14.2 Å². The minimum Gasteiger partial charge on any atom is -0.493 e. The number of hydrogen-bond donors (Lipinski definition) is 1. The van der Waals surface area contributed by atoms with Crippen LogP contribution < -0.4 is 19.1 Å². The first-order valence-corrected chi connectivity index (χ1v) is 11.0. The van der Waals surface area contributed by atoms with E-state index in [1.807, 2.05) is 6.07 Å². The Morgan fingerprint density at radius 1 is 1.03 bits per heavy atom. The Balaban J connectivity index is 1.31. The van der Waals surface area contributed by atoms with Gasteiger partial charge < -0.3 is 24.0 Å². The molecule has 0 spiro atoms. The number of quaternary nitrogens is 1. The van der Waals surface area contributed by atoms with E-state index < -0.39 is 0 Å². The van der Waals surface area contributed by atoms with Gasteiger partial charge in [-0.1, -0.05) is 6.42 Å². The zero-order valence-corrected chi connectivity index (χ0v) is 18.0. The standard InChI is InChI=1S/C23H34N2O4/c1-27-20-7-6-18(22(28-2)23(20)29-3)15-24-8-10-25(11-9-24)21(26)14-19-13-16-4-5-17(19)12-16/h6-7,16-17,19H,4-5,8-15H2,1-3H3/p+1/t16-,17+,19-/m0/s1. The lowest BCUT2D eigenvalue weighted by Gasteiger charge is -2.34. The monoisotopic (exact) mass is 403 g/mol. The molecule has 0 unspecified atom stereocenters. The highest BCUT2D eigenvalue weighted by Gasteiger charge is 2.41. The van der Waals surface area contributed by atoms with E-state index in [1.54, 1.807) is 21.3 Å². The van der Waals surface area contributed by atoms with E-state index in [-0.39, 0.29) is 0 Å². The normalized spacial score (nSPS) is 26.6. The van der Waals surface area contributed by atoms with Crippen LogP contribution in [0.5, 0.6) is 17.2 Å². The summed E-state index contributed by atoms with van der Waals surface area (Å²) in [4.78, 5) is 16.4. The number of benzene rings is 1. The zero-order chi connectivity index (χ0) is 20.4. The molecule has 0 radical (unpaired) electrons. The number of hydrogen-bond acceptors (Lipinski definition) is 4. The summed E-state index contributed by atoms with van der Waals surface area (Å²) in [5.41, 5.74) is 1.11. The minimum atomic E-state index is 0.380. The average Bonchev–Trinajstić information content (AvgIpc) is 3.37. The number of carbonyl (C=O) groups is 1. The highest BCUT2D eigenvalue weighted by molar-refractivity contribution is 5.76. The molecule has 3 aliphatic rings. The first-order valence-electron chi connectivity index (χ1n) is 11.0. The molecule has 1 aromatic carbocycles. The summed E-state index contributed by atoms with van der Waals surface area (Å²) in [5.74, 6) is 4.84. The van der Waals surface area contributed by atoms with Crippen molar-refractivity contribution in [2.75, 3.05) is 47.5 Å². The molecule has 1 amide bonds. The van der Waals surface area contributed by atoms with Crippen molar-refractivity contribution < 1.29 is 23.9 Å². The molecule has 6 nitrogen and oxygen atoms in total. The second kappa shape index (κ2) is 8.82. The Labute approximate surface area is 174 Å². The van der Waals surface area contributed by atoms with Crippen LogP contribution in [0.4, 0.5) is 0 Å². The Morgan fingerprint density at radius 3 is 2.38 bits per heavy atom. The predicted octanol–water partition coefficient (Wildman–Crippen LogP) is 1.77. The van der Waals surface area contributed by atoms with Crippen LogP contribution >= 0.6 is 0 Å². The number of nitrogens with zero attached hydrogens (tertiary/aromatic N) is 1. The number of ether oxygens (including phenoxy) is 3. The molecule has 3 fully saturated rings. The third kappa shape index (κ3) is 4.18. The zero-order valence-electron chi connectivity index (χ0n) is 18.0. The summed E-state index contributed by atoms with van der Waals surface area (Å²) in [5, 5.41) is 0. The molecule has 6 heteroatoms. The summed E-state index contributed by atoms with van der Waals surface area (Å²) >= 11 is 0. The van der Waals surface area contributed by atoms with Crippen molar-refractivity contribution in [1.82, 2.24) is 4.90 Å². The first-order chi connectivity index (χ1) is 14.1. The maximum Gasteiger partial charge on any atom is 0.223 e. The van der Waals surface area contributed by atoms with Crippen molar-refractivity contribution in [3.05, 3.63) is 17.7 Å². The van der Waals surface area contributed by atoms with Gasteiger partial charge in [-0.3, -0.25) is 4.79 Å². The molecular weight excluding hydrogens is 368 g/mol. The fourth-order valence-electron chi connectivity index (χ4n) is 5.80. The number of nitrogens with one attached hydrogen (secondary N) is 1. The maximum atomic E-state index is 12.8. The lowest BCUT2D eigenvalue weighted by atomic mass is 9.86. The second-order valence-electron chi connectivity index (χ2n) is 8.94. The molecule has 1 N–H and O–H groups in total. The van der Waals surface area contributed by atoms with E-state index in [1.165, 1.54) is 30.6 Å². The Kier molecular flexibility index (Phi) is 6.18. The minimum absolute atomic E-state index is 0.380. The van der Waals surface area contributed by atoms with Crippen LogP contribution in [0.3, 0.4) is 0 Å². The quantitative estimate of drug-likeness (QED) is 0.754. The molecule has 29 heavy (non-hydrogen) atoms. The molecular formula is C23H35N2O4+. The Hall–Kier alpha value is -1.95. The molecule has 4 rings (SSSR count). The molecule has 2 saturated carbocycles. The number of carbonyl (C=O) groups excluding carboxylic acids is 1. The summed E-state index contributed by atoms with van der Waals surface area (Å²) in [7, 11) is 4.94. The van der Waals surface area contributed by atoms with Crippen LogP contribution in [0.1, 0.15) is 37.7 Å². The van der Waals surface area contributed by atoms with Crippen molar-refractivity contribution in [1.29, 1.82) is 0 Å².